The van der Waals surface area contributed by atoms with Gasteiger partial charge in [-0.2, -0.15) is 10.1 Å². The lowest BCUT2D eigenvalue weighted by molar-refractivity contribution is 0.590. The molecular formula is C18H17F2N5. The molecule has 0 fully saturated rings. The van der Waals surface area contributed by atoms with E-state index in [-0.39, 0.29) is 17.5 Å². The molecule has 25 heavy (non-hydrogen) atoms. The molecule has 0 atom stereocenters. The minimum Gasteiger partial charge on any atom is -0.334 e. The number of hydrogen-bond donors (Lipinski definition) is 2. The van der Waals surface area contributed by atoms with Gasteiger partial charge in [0.1, 0.15) is 17.3 Å². The van der Waals surface area contributed by atoms with Crippen molar-refractivity contribution in [2.75, 3.05) is 10.6 Å². The second-order valence-electron chi connectivity index (χ2n) is 5.79. The summed E-state index contributed by atoms with van der Waals surface area (Å²) in [4.78, 5) is 4.17. The van der Waals surface area contributed by atoms with Crippen molar-refractivity contribution in [1.82, 2.24) is 15.2 Å². The van der Waals surface area contributed by atoms with Gasteiger partial charge >= 0.3 is 0 Å². The van der Waals surface area contributed by atoms with Crippen molar-refractivity contribution in [3.05, 3.63) is 65.9 Å². The molecule has 1 aromatic heterocycles. The van der Waals surface area contributed by atoms with Gasteiger partial charge in [0.05, 0.1) is 6.20 Å². The van der Waals surface area contributed by atoms with E-state index in [0.717, 1.165) is 17.8 Å². The summed E-state index contributed by atoms with van der Waals surface area (Å²) < 4.78 is 27.4. The van der Waals surface area contributed by atoms with E-state index in [1.54, 1.807) is 0 Å². The Labute approximate surface area is 144 Å². The second-order valence-corrected chi connectivity index (χ2v) is 5.79. The van der Waals surface area contributed by atoms with Crippen molar-refractivity contribution in [2.24, 2.45) is 0 Å². The van der Waals surface area contributed by atoms with Gasteiger partial charge in [-0.3, -0.25) is 0 Å². The number of halogens is 2. The van der Waals surface area contributed by atoms with Crippen LogP contribution in [0.2, 0.25) is 0 Å². The van der Waals surface area contributed by atoms with Crippen molar-refractivity contribution in [3.63, 3.8) is 0 Å². The number of nitrogens with zero attached hydrogens (tertiary/aromatic N) is 3. The first-order chi connectivity index (χ1) is 12.0. The van der Waals surface area contributed by atoms with Crippen LogP contribution in [0.3, 0.4) is 0 Å². The van der Waals surface area contributed by atoms with Gasteiger partial charge in [0.2, 0.25) is 5.95 Å². The Morgan fingerprint density at radius 3 is 2.24 bits per heavy atom. The van der Waals surface area contributed by atoms with Crippen LogP contribution < -0.4 is 10.6 Å². The van der Waals surface area contributed by atoms with E-state index in [1.807, 2.05) is 24.3 Å². The van der Waals surface area contributed by atoms with E-state index < -0.39 is 11.6 Å². The van der Waals surface area contributed by atoms with Crippen LogP contribution in [0.1, 0.15) is 25.3 Å². The van der Waals surface area contributed by atoms with Crippen LogP contribution >= 0.6 is 0 Å². The van der Waals surface area contributed by atoms with Gasteiger partial charge in [0, 0.05) is 5.69 Å². The van der Waals surface area contributed by atoms with Crippen LogP contribution in [0.5, 0.6) is 0 Å². The van der Waals surface area contributed by atoms with Crippen LogP contribution in [0.25, 0.3) is 0 Å². The van der Waals surface area contributed by atoms with Gasteiger partial charge in [-0.25, -0.2) is 8.78 Å². The number of para-hydroxylation sites is 1. The van der Waals surface area contributed by atoms with E-state index in [0.29, 0.717) is 5.92 Å². The summed E-state index contributed by atoms with van der Waals surface area (Å²) in [5, 5.41) is 13.3. The quantitative estimate of drug-likeness (QED) is 0.700. The Balaban J connectivity index is 1.77. The van der Waals surface area contributed by atoms with Gasteiger partial charge < -0.3 is 10.6 Å². The number of rotatable bonds is 5. The number of anilines is 4. The number of aromatic nitrogens is 3. The predicted molar refractivity (Wildman–Crippen MR) is 93.3 cm³/mol. The first-order valence-electron chi connectivity index (χ1n) is 7.80. The van der Waals surface area contributed by atoms with Crippen LogP contribution in [0, 0.1) is 11.6 Å². The van der Waals surface area contributed by atoms with E-state index in [9.17, 15) is 8.78 Å². The maximum absolute atomic E-state index is 13.7. The summed E-state index contributed by atoms with van der Waals surface area (Å²) >= 11 is 0. The summed E-state index contributed by atoms with van der Waals surface area (Å²) in [6, 6.07) is 11.5. The molecule has 0 radical (unpaired) electrons. The van der Waals surface area contributed by atoms with E-state index in [1.165, 1.54) is 17.8 Å². The molecule has 128 valence electrons. The van der Waals surface area contributed by atoms with Crippen molar-refractivity contribution in [2.45, 2.75) is 19.8 Å². The molecule has 0 saturated heterocycles. The largest absolute Gasteiger partial charge is 0.334 e. The van der Waals surface area contributed by atoms with Crippen molar-refractivity contribution < 1.29 is 8.78 Å². The summed E-state index contributed by atoms with van der Waals surface area (Å²) in [5.41, 5.74) is 1.73. The third-order valence-corrected chi connectivity index (χ3v) is 3.61. The van der Waals surface area contributed by atoms with Crippen LogP contribution in [-0.4, -0.2) is 15.2 Å². The van der Waals surface area contributed by atoms with Gasteiger partial charge in [0.25, 0.3) is 0 Å². The Morgan fingerprint density at radius 2 is 1.60 bits per heavy atom. The molecule has 3 aromatic rings. The first-order valence-corrected chi connectivity index (χ1v) is 7.80. The van der Waals surface area contributed by atoms with Crippen LogP contribution in [0.15, 0.2) is 48.7 Å². The molecule has 0 aliphatic heterocycles. The summed E-state index contributed by atoms with van der Waals surface area (Å²) in [6.07, 6.45) is 1.29. The zero-order valence-corrected chi connectivity index (χ0v) is 13.8. The lowest BCUT2D eigenvalue weighted by Crippen LogP contribution is -2.04. The zero-order valence-electron chi connectivity index (χ0n) is 13.8. The fourth-order valence-electron chi connectivity index (χ4n) is 2.24. The van der Waals surface area contributed by atoms with Gasteiger partial charge in [-0.1, -0.05) is 32.0 Å². The molecule has 0 aliphatic carbocycles. The molecular weight excluding hydrogens is 324 g/mol. The lowest BCUT2D eigenvalue weighted by atomic mass is 10.0. The molecule has 0 unspecified atom stereocenters. The Bertz CT molecular complexity index is 845. The molecule has 0 amide bonds. The topological polar surface area (TPSA) is 62.7 Å². The molecule has 0 aliphatic rings. The fraction of sp³-hybridized carbons (Fsp3) is 0.167. The molecule has 0 saturated carbocycles. The standard InChI is InChI=1S/C18H17F2N5/c1-11(2)12-6-8-13(9-7-12)22-18-24-16(10-21-25-18)23-17-14(19)4-3-5-15(17)20/h3-11H,1-2H3,(H2,22,23,24,25). The summed E-state index contributed by atoms with van der Waals surface area (Å²) in [5.74, 6) is -0.579. The SMILES string of the molecule is CC(C)c1ccc(Nc2nncc(Nc3c(F)cccc3F)n2)cc1. The highest BCUT2D eigenvalue weighted by Crippen LogP contribution is 2.23. The Morgan fingerprint density at radius 1 is 0.920 bits per heavy atom. The van der Waals surface area contributed by atoms with E-state index in [4.69, 9.17) is 0 Å². The van der Waals surface area contributed by atoms with Gasteiger partial charge in [-0.05, 0) is 35.7 Å². The molecule has 1 heterocycles. The highest BCUT2D eigenvalue weighted by molar-refractivity contribution is 5.59. The number of hydrogen-bond acceptors (Lipinski definition) is 5. The molecule has 2 N–H and O–H groups in total. The predicted octanol–water partition coefficient (Wildman–Crippen LogP) is 4.76. The second kappa shape index (κ2) is 7.21. The molecule has 3 rings (SSSR count). The fourth-order valence-corrected chi connectivity index (χ4v) is 2.24. The minimum absolute atomic E-state index is 0.181. The molecule has 7 heteroatoms. The maximum Gasteiger partial charge on any atom is 0.249 e. The highest BCUT2D eigenvalue weighted by atomic mass is 19.1. The Kier molecular flexibility index (Phi) is 4.83. The lowest BCUT2D eigenvalue weighted by Gasteiger charge is -2.10. The highest BCUT2D eigenvalue weighted by Gasteiger charge is 2.10. The zero-order chi connectivity index (χ0) is 17.8. The molecule has 0 spiro atoms. The van der Waals surface area contributed by atoms with Crippen LogP contribution in [0.4, 0.5) is 31.9 Å². The third-order valence-electron chi connectivity index (χ3n) is 3.61. The van der Waals surface area contributed by atoms with Gasteiger partial charge in [0.15, 0.2) is 5.82 Å². The third kappa shape index (κ3) is 4.06. The smallest absolute Gasteiger partial charge is 0.249 e. The average molecular weight is 341 g/mol. The summed E-state index contributed by atoms with van der Waals surface area (Å²) in [6.45, 7) is 4.24. The normalized spacial score (nSPS) is 10.8. The van der Waals surface area contributed by atoms with E-state index in [2.05, 4.69) is 39.7 Å². The number of benzene rings is 2. The minimum atomic E-state index is -0.711. The molecule has 5 nitrogen and oxygen atoms in total. The number of nitrogens with one attached hydrogen (secondary N) is 2. The van der Waals surface area contributed by atoms with Crippen LogP contribution in [-0.2, 0) is 0 Å². The van der Waals surface area contributed by atoms with Crippen molar-refractivity contribution in [1.29, 1.82) is 0 Å². The van der Waals surface area contributed by atoms with Crippen molar-refractivity contribution >= 4 is 23.1 Å². The monoisotopic (exact) mass is 341 g/mol. The summed E-state index contributed by atoms with van der Waals surface area (Å²) in [7, 11) is 0. The molecule has 0 bridgehead atoms. The van der Waals surface area contributed by atoms with E-state index >= 15 is 0 Å². The first kappa shape index (κ1) is 16.8. The maximum atomic E-state index is 13.7. The Hall–Kier alpha value is -3.09. The van der Waals surface area contributed by atoms with Crippen molar-refractivity contribution in [3.8, 4) is 0 Å². The van der Waals surface area contributed by atoms with Gasteiger partial charge in [-0.15, -0.1) is 5.10 Å². The molecule has 2 aromatic carbocycles. The average Bonchev–Trinajstić information content (AvgIpc) is 2.59.